The minimum atomic E-state index is -4.00. The molecule has 0 aromatic rings. The summed E-state index contributed by atoms with van der Waals surface area (Å²) in [5.74, 6) is -12.7. The van der Waals surface area contributed by atoms with Crippen LogP contribution in [0.1, 0.15) is 6.42 Å². The van der Waals surface area contributed by atoms with Gasteiger partial charge in [-0.3, -0.25) is 0 Å². The fourth-order valence-corrected chi connectivity index (χ4v) is 0.936. The molecule has 0 radical (unpaired) electrons. The van der Waals surface area contributed by atoms with E-state index in [1.54, 1.807) is 0 Å². The number of rotatable bonds is 6. The molecule has 0 heterocycles. The van der Waals surface area contributed by atoms with Gasteiger partial charge in [0.05, 0.1) is 11.9 Å². The predicted molar refractivity (Wildman–Crippen MR) is 33.1 cm³/mol. The van der Waals surface area contributed by atoms with Gasteiger partial charge in [0.25, 0.3) is 0 Å². The Morgan fingerprint density at radius 3 is 1.56 bits per heavy atom. The Balaban J connectivity index is 5.44. The normalized spacial score (nSPS) is 12.8. The largest absolute Gasteiger partial charge is 0.550 e. The monoisotopic (exact) mass is 232 g/mol. The van der Waals surface area contributed by atoms with E-state index in [-0.39, 0.29) is 0 Å². The van der Waals surface area contributed by atoms with Gasteiger partial charge in [0.15, 0.2) is 5.60 Å². The second-order valence-corrected chi connectivity index (χ2v) is 2.79. The molecular weight excluding hydrogens is 228 g/mol. The van der Waals surface area contributed by atoms with Crippen LogP contribution >= 0.6 is 0 Å². The molecule has 16 heavy (non-hydrogen) atoms. The first kappa shape index (κ1) is 13.8. The van der Waals surface area contributed by atoms with Crippen LogP contribution in [0.4, 0.5) is 0 Å². The SMILES string of the molecule is O=C([O-])CC(C(=O)[O-])C(O)(C(=O)[O-])C(=O)[O-]. The molecule has 0 fully saturated rings. The van der Waals surface area contributed by atoms with E-state index in [9.17, 15) is 39.6 Å². The molecule has 1 N–H and O–H groups in total. The number of carbonyl (C=O) groups excluding carboxylic acids is 4. The Hall–Kier alpha value is -2.16. The van der Waals surface area contributed by atoms with Crippen molar-refractivity contribution in [2.45, 2.75) is 12.0 Å². The van der Waals surface area contributed by atoms with Gasteiger partial charge in [-0.25, -0.2) is 0 Å². The van der Waals surface area contributed by atoms with Gasteiger partial charge in [-0.2, -0.15) is 0 Å². The molecule has 0 aromatic heterocycles. The Labute approximate surface area is 87.5 Å². The van der Waals surface area contributed by atoms with Crippen molar-refractivity contribution in [1.29, 1.82) is 0 Å². The molecule has 0 aromatic carbocycles. The van der Waals surface area contributed by atoms with Crippen molar-refractivity contribution in [2.75, 3.05) is 0 Å². The van der Waals surface area contributed by atoms with Crippen LogP contribution in [0.15, 0.2) is 0 Å². The van der Waals surface area contributed by atoms with Crippen LogP contribution in [0.5, 0.6) is 0 Å². The minimum absolute atomic E-state index is 1.58. The average Bonchev–Trinajstić information content (AvgIpc) is 2.11. The van der Waals surface area contributed by atoms with Crippen molar-refractivity contribution >= 4 is 23.9 Å². The van der Waals surface area contributed by atoms with E-state index in [1.807, 2.05) is 0 Å². The molecule has 0 saturated carbocycles. The van der Waals surface area contributed by atoms with Crippen molar-refractivity contribution < 1.29 is 44.7 Å². The Kier molecular flexibility index (Phi) is 3.96. The minimum Gasteiger partial charge on any atom is -0.550 e. The molecule has 9 heteroatoms. The molecule has 0 rings (SSSR count). The summed E-state index contributed by atoms with van der Waals surface area (Å²) in [5.41, 5.74) is -4.00. The highest BCUT2D eigenvalue weighted by Gasteiger charge is 2.41. The quantitative estimate of drug-likeness (QED) is 0.434. The summed E-state index contributed by atoms with van der Waals surface area (Å²) < 4.78 is 0. The van der Waals surface area contributed by atoms with Gasteiger partial charge in [0.1, 0.15) is 0 Å². The van der Waals surface area contributed by atoms with Crippen LogP contribution in [-0.4, -0.2) is 34.6 Å². The topological polar surface area (TPSA) is 181 Å². The number of carbonyl (C=O) groups is 4. The molecule has 0 aliphatic carbocycles. The molecule has 0 saturated heterocycles. The summed E-state index contributed by atoms with van der Waals surface area (Å²) in [6, 6.07) is 0. The maximum Gasteiger partial charge on any atom is 0.151 e. The molecule has 0 aliphatic heterocycles. The third-order valence-corrected chi connectivity index (χ3v) is 1.78. The molecule has 90 valence electrons. The third-order valence-electron chi connectivity index (χ3n) is 1.78. The van der Waals surface area contributed by atoms with E-state index < -0.39 is 41.8 Å². The van der Waals surface area contributed by atoms with Gasteiger partial charge in [0.2, 0.25) is 0 Å². The zero-order valence-electron chi connectivity index (χ0n) is 7.50. The van der Waals surface area contributed by atoms with Gasteiger partial charge >= 0.3 is 0 Å². The summed E-state index contributed by atoms with van der Waals surface area (Å²) >= 11 is 0. The van der Waals surface area contributed by atoms with Gasteiger partial charge in [-0.15, -0.1) is 0 Å². The van der Waals surface area contributed by atoms with E-state index in [2.05, 4.69) is 0 Å². The maximum absolute atomic E-state index is 10.3. The highest BCUT2D eigenvalue weighted by molar-refractivity contribution is 6.04. The predicted octanol–water partition coefficient (Wildman–Crippen LogP) is -7.28. The average molecular weight is 232 g/mol. The van der Waals surface area contributed by atoms with Crippen molar-refractivity contribution in [3.05, 3.63) is 0 Å². The van der Waals surface area contributed by atoms with E-state index in [0.717, 1.165) is 0 Å². The third kappa shape index (κ3) is 2.45. The summed E-state index contributed by atoms with van der Waals surface area (Å²) in [4.78, 5) is 41.0. The number of hydrogen-bond donors (Lipinski definition) is 1. The van der Waals surface area contributed by atoms with Gasteiger partial charge in [-0.1, -0.05) is 0 Å². The highest BCUT2D eigenvalue weighted by atomic mass is 16.5. The Bertz CT molecular complexity index is 330. The molecular formula is C7H4O9-4. The lowest BCUT2D eigenvalue weighted by Gasteiger charge is -2.38. The van der Waals surface area contributed by atoms with Crippen molar-refractivity contribution in [3.8, 4) is 0 Å². The smallest absolute Gasteiger partial charge is 0.151 e. The zero-order chi connectivity index (χ0) is 13.1. The fraction of sp³-hybridized carbons (Fsp3) is 0.429. The number of hydrogen-bond acceptors (Lipinski definition) is 9. The molecule has 1 atom stereocenters. The second kappa shape index (κ2) is 4.57. The summed E-state index contributed by atoms with van der Waals surface area (Å²) in [6.07, 6.45) is -1.58. The van der Waals surface area contributed by atoms with Crippen LogP contribution in [0.25, 0.3) is 0 Å². The Morgan fingerprint density at radius 1 is 1.00 bits per heavy atom. The highest BCUT2D eigenvalue weighted by Crippen LogP contribution is 2.19. The summed E-state index contributed by atoms with van der Waals surface area (Å²) in [5, 5.41) is 50.0. The van der Waals surface area contributed by atoms with Crippen LogP contribution in [0, 0.1) is 5.92 Å². The molecule has 0 bridgehead atoms. The first-order valence-electron chi connectivity index (χ1n) is 3.70. The summed E-state index contributed by atoms with van der Waals surface area (Å²) in [6.45, 7) is 0. The first-order chi connectivity index (χ1) is 7.13. The van der Waals surface area contributed by atoms with Crippen LogP contribution in [0.3, 0.4) is 0 Å². The lowest BCUT2D eigenvalue weighted by atomic mass is 9.85. The fourth-order valence-electron chi connectivity index (χ4n) is 0.936. The van der Waals surface area contributed by atoms with Crippen molar-refractivity contribution in [2.24, 2.45) is 5.92 Å². The molecule has 0 amide bonds. The van der Waals surface area contributed by atoms with Crippen molar-refractivity contribution in [1.82, 2.24) is 0 Å². The van der Waals surface area contributed by atoms with Gasteiger partial charge in [-0.05, 0) is 6.42 Å². The molecule has 9 nitrogen and oxygen atoms in total. The molecule has 0 spiro atoms. The van der Waals surface area contributed by atoms with Gasteiger partial charge < -0.3 is 44.7 Å². The number of aliphatic carboxylic acids is 4. The van der Waals surface area contributed by atoms with E-state index >= 15 is 0 Å². The number of carboxylic acid groups (broad SMARTS) is 4. The second-order valence-electron chi connectivity index (χ2n) is 2.79. The van der Waals surface area contributed by atoms with Crippen LogP contribution in [0.2, 0.25) is 0 Å². The number of aliphatic hydroxyl groups is 1. The van der Waals surface area contributed by atoms with E-state index in [0.29, 0.717) is 0 Å². The van der Waals surface area contributed by atoms with Crippen molar-refractivity contribution in [3.63, 3.8) is 0 Å². The lowest BCUT2D eigenvalue weighted by molar-refractivity contribution is -0.363. The zero-order valence-corrected chi connectivity index (χ0v) is 7.50. The van der Waals surface area contributed by atoms with Gasteiger partial charge in [0, 0.05) is 17.9 Å². The standard InChI is InChI=1S/C7H8O9/c8-3(9)1-2(4(10)11)7(16,5(12)13)6(14)15/h2,16H,1H2,(H,8,9)(H,10,11)(H,12,13)(H,14,15)/p-4. The summed E-state index contributed by atoms with van der Waals surface area (Å²) in [7, 11) is 0. The van der Waals surface area contributed by atoms with Crippen LogP contribution in [-0.2, 0) is 19.2 Å². The first-order valence-corrected chi connectivity index (χ1v) is 3.70. The Morgan fingerprint density at radius 2 is 1.38 bits per heavy atom. The molecule has 1 unspecified atom stereocenters. The lowest BCUT2D eigenvalue weighted by Crippen LogP contribution is -2.67. The number of carboxylic acids is 4. The van der Waals surface area contributed by atoms with E-state index in [1.165, 1.54) is 0 Å². The van der Waals surface area contributed by atoms with E-state index in [4.69, 9.17) is 5.11 Å². The van der Waals surface area contributed by atoms with Crippen LogP contribution < -0.4 is 20.4 Å². The molecule has 0 aliphatic rings. The maximum atomic E-state index is 10.3.